The van der Waals surface area contributed by atoms with E-state index in [1.165, 1.54) is 0 Å². The Labute approximate surface area is 595 Å². The zero-order chi connectivity index (χ0) is 75.1. The molecule has 26 nitrogen and oxygen atoms in total. The SMILES string of the molecule is CC1(C(O)C(=O)O)CCC1.Cn1ccc(CC(=O)C(=O)C2(CC(=O)[C@H](CC3(C)CCCC3)NC(=O)OC(C)(C)C)CCC2)n1.Cn1ccc(CC(=O)C(O)C2(C)CCC2)n1.Cn1ccc(CC(=O)C(O)C2(CC(=O)[C@H](CC3(C)CCCC3)NC(=O)OC(C)(C)C)CCC2)n1.Cn1ccc(N)n1. The van der Waals surface area contributed by atoms with Crippen LogP contribution in [0.15, 0.2) is 49.1 Å². The molecule has 3 unspecified atom stereocenters. The van der Waals surface area contributed by atoms with Crippen molar-refractivity contribution < 1.29 is 73.1 Å². The van der Waals surface area contributed by atoms with Crippen LogP contribution < -0.4 is 16.4 Å². The molecule has 101 heavy (non-hydrogen) atoms. The minimum Gasteiger partial charge on any atom is -0.479 e. The number of rotatable bonds is 26. The molecule has 0 spiro atoms. The molecule has 0 saturated heterocycles. The van der Waals surface area contributed by atoms with Crippen LogP contribution in [0.2, 0.25) is 0 Å². The minimum atomic E-state index is -1.23. The average molecular weight is 1410 g/mol. The fourth-order valence-electron chi connectivity index (χ4n) is 14.7. The van der Waals surface area contributed by atoms with Crippen molar-refractivity contribution >= 4 is 58.7 Å². The monoisotopic (exact) mass is 1410 g/mol. The molecule has 0 radical (unpaired) electrons. The summed E-state index contributed by atoms with van der Waals surface area (Å²) in [5.74, 6) is -2.27. The number of aryl methyl sites for hydroxylation is 4. The van der Waals surface area contributed by atoms with Gasteiger partial charge in [-0.25, -0.2) is 14.4 Å². The number of nitrogens with one attached hydrogen (secondary N) is 2. The number of aromatic nitrogens is 8. The first-order valence-corrected chi connectivity index (χ1v) is 36.1. The number of carbonyl (C=O) groups is 9. The van der Waals surface area contributed by atoms with Crippen molar-refractivity contribution in [3.63, 3.8) is 0 Å². The van der Waals surface area contributed by atoms with E-state index in [2.05, 4.69) is 44.9 Å². The van der Waals surface area contributed by atoms with Gasteiger partial charge in [0.2, 0.25) is 11.6 Å². The van der Waals surface area contributed by atoms with Crippen LogP contribution >= 0.6 is 0 Å². The van der Waals surface area contributed by atoms with Crippen molar-refractivity contribution in [2.75, 3.05) is 5.73 Å². The second-order valence-electron chi connectivity index (χ2n) is 33.1. The van der Waals surface area contributed by atoms with E-state index in [1.54, 1.807) is 117 Å². The van der Waals surface area contributed by atoms with Gasteiger partial charge < -0.3 is 46.3 Å². The number of Topliss-reactive ketones (excluding diaryl/α,β-unsaturated/α-hetero) is 6. The number of nitrogen functional groups attached to an aromatic ring is 1. The second-order valence-corrected chi connectivity index (χ2v) is 33.1. The van der Waals surface area contributed by atoms with Gasteiger partial charge in [-0.2, -0.15) is 20.4 Å². The second kappa shape index (κ2) is 34.7. The van der Waals surface area contributed by atoms with Crippen LogP contribution in [0.3, 0.4) is 0 Å². The third kappa shape index (κ3) is 24.3. The average Bonchev–Trinajstić information content (AvgIpc) is 1.56. The molecule has 0 aromatic carbocycles. The van der Waals surface area contributed by atoms with Gasteiger partial charge in [0.25, 0.3) is 0 Å². The standard InChI is InChI=1S/C26H41N3O5.C26H39N3O5.C12H18N2O2.C7H12O3.C4H7N3/c2*1-24(2,3)34-23(33)27-19(16-25(4)10-6-7-11-25)21(31)17-26(12-8-13-26)22(32)20(30)15-18-9-14-29(5)28-18;1-12(5-3-6-12)11(16)10(15)8-9-4-7-14(2)13-9;1-7(3-2-4-7)5(8)6(9)10;1-7-3-2-4(5)6-7/h9,14,19,22,32H,6-8,10-13,15-17H2,1-5H3,(H,27,33);9,14,19H,6-8,10-13,15-17H2,1-5H3,(H,27,33);4,7,11,16H,3,5-6,8H2,1-2H3;5,8H,2-4H2,1H3,(H,9,10);2-3H,1H3,(H2,5,6)/t19-,22?;19-;;;/m00.../s1. The van der Waals surface area contributed by atoms with Crippen molar-refractivity contribution in [1.29, 1.82) is 0 Å². The molecule has 8 N–H and O–H groups in total. The van der Waals surface area contributed by atoms with E-state index in [0.29, 0.717) is 55.7 Å². The molecular formula is C75H117N11O15. The van der Waals surface area contributed by atoms with Gasteiger partial charge in [0.1, 0.15) is 29.2 Å². The maximum atomic E-state index is 13.6. The van der Waals surface area contributed by atoms with Crippen LogP contribution in [-0.2, 0) is 90.5 Å². The lowest BCUT2D eigenvalue weighted by Crippen LogP contribution is -2.52. The van der Waals surface area contributed by atoms with Crippen LogP contribution in [0.5, 0.6) is 0 Å². The molecule has 0 aliphatic heterocycles. The Morgan fingerprint density at radius 3 is 1.12 bits per heavy atom. The number of ketones is 6. The van der Waals surface area contributed by atoms with Gasteiger partial charge in [0, 0.05) is 87.5 Å². The number of hydrogen-bond donors (Lipinski definition) is 7. The lowest BCUT2D eigenvalue weighted by atomic mass is 9.60. The fraction of sp³-hybridized carbons (Fsp3) is 0.720. The van der Waals surface area contributed by atoms with Crippen LogP contribution in [0.4, 0.5) is 15.4 Å². The van der Waals surface area contributed by atoms with E-state index in [9.17, 15) is 53.4 Å². The molecule has 26 heteroatoms. The minimum absolute atomic E-state index is 0.0183. The van der Waals surface area contributed by atoms with Crippen LogP contribution in [0.25, 0.3) is 0 Å². The summed E-state index contributed by atoms with van der Waals surface area (Å²) < 4.78 is 17.4. The number of anilines is 1. The van der Waals surface area contributed by atoms with E-state index >= 15 is 0 Å². The molecule has 6 fully saturated rings. The Morgan fingerprint density at radius 2 is 0.832 bits per heavy atom. The Bertz CT molecular complexity index is 3450. The topological polar surface area (TPSA) is 374 Å². The predicted octanol–water partition coefficient (Wildman–Crippen LogP) is 9.69. The molecule has 562 valence electrons. The summed E-state index contributed by atoms with van der Waals surface area (Å²) in [6.45, 7) is 18.8. The van der Waals surface area contributed by atoms with Gasteiger partial charge in [-0.1, -0.05) is 79.1 Å². The molecule has 4 aromatic heterocycles. The Hall–Kier alpha value is -7.45. The first-order valence-electron chi connectivity index (χ1n) is 36.1. The fourth-order valence-corrected chi connectivity index (χ4v) is 14.7. The number of carboxylic acids is 1. The first kappa shape index (κ1) is 82.5. The molecule has 6 saturated carbocycles. The number of amides is 2. The quantitative estimate of drug-likeness (QED) is 0.0287. The van der Waals surface area contributed by atoms with E-state index in [0.717, 1.165) is 108 Å². The summed E-state index contributed by atoms with van der Waals surface area (Å²) in [4.78, 5) is 113. The molecule has 4 aromatic rings. The van der Waals surface area contributed by atoms with E-state index in [4.69, 9.17) is 25.4 Å². The van der Waals surface area contributed by atoms with Gasteiger partial charge in [0.15, 0.2) is 29.2 Å². The van der Waals surface area contributed by atoms with Crippen molar-refractivity contribution in [3.05, 3.63) is 66.1 Å². The summed E-state index contributed by atoms with van der Waals surface area (Å²) in [6, 6.07) is 5.59. The number of nitrogens with zero attached hydrogens (tertiary/aromatic N) is 8. The maximum absolute atomic E-state index is 13.6. The zero-order valence-corrected chi connectivity index (χ0v) is 62.5. The highest BCUT2D eigenvalue weighted by Gasteiger charge is 2.52. The van der Waals surface area contributed by atoms with Gasteiger partial charge in [-0.05, 0) is 167 Å². The molecule has 6 aliphatic carbocycles. The number of nitrogens with two attached hydrogens (primary N) is 1. The Kier molecular flexibility index (Phi) is 28.3. The van der Waals surface area contributed by atoms with Crippen molar-refractivity contribution in [2.24, 2.45) is 60.7 Å². The number of ether oxygens (including phenoxy) is 2. The highest BCUT2D eigenvalue weighted by Crippen LogP contribution is 2.50. The third-order valence-corrected chi connectivity index (χ3v) is 21.4. The van der Waals surface area contributed by atoms with Crippen LogP contribution in [0.1, 0.15) is 240 Å². The number of aliphatic hydroxyl groups excluding tert-OH is 3. The number of carbonyl (C=O) groups excluding carboxylic acids is 8. The smallest absolute Gasteiger partial charge is 0.408 e. The third-order valence-electron chi connectivity index (χ3n) is 21.4. The zero-order valence-electron chi connectivity index (χ0n) is 62.5. The van der Waals surface area contributed by atoms with Crippen molar-refractivity contribution in [2.45, 2.75) is 284 Å². The molecule has 2 amide bonds. The predicted molar refractivity (Wildman–Crippen MR) is 378 cm³/mol. The Balaban J connectivity index is 0.000000221. The lowest BCUT2D eigenvalue weighted by Gasteiger charge is -2.45. The summed E-state index contributed by atoms with van der Waals surface area (Å²) in [5.41, 5.74) is 3.45. The van der Waals surface area contributed by atoms with Gasteiger partial charge in [0.05, 0.1) is 48.4 Å². The number of aliphatic hydroxyl groups is 3. The van der Waals surface area contributed by atoms with Crippen molar-refractivity contribution in [3.8, 4) is 0 Å². The lowest BCUT2D eigenvalue weighted by molar-refractivity contribution is -0.158. The van der Waals surface area contributed by atoms with Gasteiger partial charge >= 0.3 is 18.2 Å². The van der Waals surface area contributed by atoms with Gasteiger partial charge in [-0.3, -0.25) is 47.5 Å². The van der Waals surface area contributed by atoms with E-state index in [-0.39, 0.29) is 76.9 Å². The number of carboxylic acid groups (broad SMARTS) is 1. The van der Waals surface area contributed by atoms with E-state index in [1.807, 2.05) is 34.0 Å². The Morgan fingerprint density at radius 1 is 0.475 bits per heavy atom. The van der Waals surface area contributed by atoms with Crippen molar-refractivity contribution in [1.82, 2.24) is 49.8 Å². The molecular weight excluding hydrogens is 1290 g/mol. The number of alkyl carbamates (subject to hydrolysis) is 2. The summed E-state index contributed by atoms with van der Waals surface area (Å²) in [5, 5.41) is 60.5. The summed E-state index contributed by atoms with van der Waals surface area (Å²) >= 11 is 0. The van der Waals surface area contributed by atoms with E-state index < -0.39 is 82.1 Å². The first-order chi connectivity index (χ1) is 47.0. The normalized spacial score (nSPS) is 19.9. The number of hydrogen-bond acceptors (Lipinski definition) is 19. The maximum Gasteiger partial charge on any atom is 0.408 e. The highest BCUT2D eigenvalue weighted by atomic mass is 16.6. The van der Waals surface area contributed by atoms with Crippen LogP contribution in [0, 0.1) is 32.5 Å². The van der Waals surface area contributed by atoms with Gasteiger partial charge in [-0.15, -0.1) is 0 Å². The highest BCUT2D eigenvalue weighted by molar-refractivity contribution is 6.40. The summed E-state index contributed by atoms with van der Waals surface area (Å²) in [7, 11) is 7.18. The largest absolute Gasteiger partial charge is 0.479 e. The summed E-state index contributed by atoms with van der Waals surface area (Å²) in [6.07, 6.45) is 22.1. The molecule has 4 heterocycles. The molecule has 5 atom stereocenters. The van der Waals surface area contributed by atoms with Crippen LogP contribution in [-0.4, -0.2) is 154 Å². The number of aliphatic carboxylic acids is 1. The molecule has 0 bridgehead atoms. The molecule has 10 rings (SSSR count). The molecule has 6 aliphatic rings.